The predicted molar refractivity (Wildman–Crippen MR) is 113 cm³/mol. The lowest BCUT2D eigenvalue weighted by Crippen LogP contribution is -2.14. The molecule has 1 aromatic heterocycles. The topological polar surface area (TPSA) is 60.7 Å². The molecule has 3 rings (SSSR count). The molecule has 3 N–H and O–H groups in total. The van der Waals surface area contributed by atoms with Gasteiger partial charge in [0.15, 0.2) is 0 Å². The Balaban J connectivity index is 1.75. The molecule has 28 heavy (non-hydrogen) atoms. The summed E-state index contributed by atoms with van der Waals surface area (Å²) in [6.45, 7) is 5.28. The Bertz CT molecular complexity index is 983. The SMILES string of the molecule is Cc1ccc(C(O)c2ccc(C(O)c3ccc(C#CC(C)(C)O)cc3)s2)cc1. The summed E-state index contributed by atoms with van der Waals surface area (Å²) >= 11 is 1.40. The van der Waals surface area contributed by atoms with Gasteiger partial charge >= 0.3 is 0 Å². The van der Waals surface area contributed by atoms with Crippen molar-refractivity contribution in [2.24, 2.45) is 0 Å². The number of hydrogen-bond acceptors (Lipinski definition) is 4. The molecule has 0 saturated heterocycles. The van der Waals surface area contributed by atoms with Gasteiger partial charge in [-0.05, 0) is 56.2 Å². The number of aryl methyl sites for hydroxylation is 1. The van der Waals surface area contributed by atoms with Gasteiger partial charge in [-0.25, -0.2) is 0 Å². The van der Waals surface area contributed by atoms with E-state index < -0.39 is 17.8 Å². The summed E-state index contributed by atoms with van der Waals surface area (Å²) in [5.74, 6) is 5.69. The van der Waals surface area contributed by atoms with E-state index in [4.69, 9.17) is 0 Å². The number of rotatable bonds is 4. The van der Waals surface area contributed by atoms with Crippen molar-refractivity contribution in [3.05, 3.63) is 92.7 Å². The van der Waals surface area contributed by atoms with Crippen molar-refractivity contribution in [3.63, 3.8) is 0 Å². The van der Waals surface area contributed by atoms with Gasteiger partial charge in [-0.3, -0.25) is 0 Å². The molecule has 0 saturated carbocycles. The third kappa shape index (κ3) is 5.09. The lowest BCUT2D eigenvalue weighted by Gasteiger charge is -2.11. The highest BCUT2D eigenvalue weighted by molar-refractivity contribution is 7.12. The van der Waals surface area contributed by atoms with Crippen LogP contribution in [-0.4, -0.2) is 20.9 Å². The third-order valence-electron chi connectivity index (χ3n) is 4.32. The summed E-state index contributed by atoms with van der Waals surface area (Å²) in [6.07, 6.45) is -1.47. The highest BCUT2D eigenvalue weighted by Gasteiger charge is 2.17. The number of aliphatic hydroxyl groups excluding tert-OH is 2. The summed E-state index contributed by atoms with van der Waals surface area (Å²) in [5.41, 5.74) is 2.48. The third-order valence-corrected chi connectivity index (χ3v) is 5.51. The Morgan fingerprint density at radius 3 is 1.71 bits per heavy atom. The lowest BCUT2D eigenvalue weighted by atomic mass is 10.0. The molecule has 144 valence electrons. The Labute approximate surface area is 169 Å². The first kappa shape index (κ1) is 20.3. The van der Waals surface area contributed by atoms with E-state index in [1.54, 1.807) is 13.8 Å². The maximum absolute atomic E-state index is 10.7. The van der Waals surface area contributed by atoms with Gasteiger partial charge in [0.05, 0.1) is 0 Å². The molecular formula is C24H24O3S. The van der Waals surface area contributed by atoms with E-state index in [0.717, 1.165) is 32.0 Å². The van der Waals surface area contributed by atoms with Crippen molar-refractivity contribution in [1.29, 1.82) is 0 Å². The van der Waals surface area contributed by atoms with E-state index in [2.05, 4.69) is 11.8 Å². The fraction of sp³-hybridized carbons (Fsp3) is 0.250. The van der Waals surface area contributed by atoms with E-state index >= 15 is 0 Å². The first-order chi connectivity index (χ1) is 13.2. The Morgan fingerprint density at radius 2 is 1.25 bits per heavy atom. The van der Waals surface area contributed by atoms with Crippen molar-refractivity contribution in [3.8, 4) is 11.8 Å². The van der Waals surface area contributed by atoms with Crippen LogP contribution >= 0.6 is 11.3 Å². The van der Waals surface area contributed by atoms with Gasteiger partial charge in [-0.2, -0.15) is 0 Å². The van der Waals surface area contributed by atoms with Gasteiger partial charge < -0.3 is 15.3 Å². The summed E-state index contributed by atoms with van der Waals surface area (Å²) < 4.78 is 0. The highest BCUT2D eigenvalue weighted by atomic mass is 32.1. The van der Waals surface area contributed by atoms with Crippen molar-refractivity contribution < 1.29 is 15.3 Å². The molecule has 2 unspecified atom stereocenters. The first-order valence-electron chi connectivity index (χ1n) is 9.11. The van der Waals surface area contributed by atoms with Gasteiger partial charge in [-0.1, -0.05) is 53.8 Å². The minimum Gasteiger partial charge on any atom is -0.383 e. The standard InChI is InChI=1S/C24H24O3S/c1-16-4-8-18(9-5-16)22(25)20-12-13-21(28-20)23(26)19-10-6-17(7-11-19)14-15-24(2,3)27/h4-13,22-23,25-27H,1-3H3. The average molecular weight is 393 g/mol. The van der Waals surface area contributed by atoms with Crippen molar-refractivity contribution in [1.82, 2.24) is 0 Å². The van der Waals surface area contributed by atoms with E-state index in [1.165, 1.54) is 11.3 Å². The molecule has 4 heteroatoms. The second-order valence-electron chi connectivity index (χ2n) is 7.39. The van der Waals surface area contributed by atoms with E-state index in [0.29, 0.717) is 0 Å². The maximum atomic E-state index is 10.7. The zero-order chi connectivity index (χ0) is 20.3. The van der Waals surface area contributed by atoms with Crippen LogP contribution < -0.4 is 0 Å². The summed E-state index contributed by atoms with van der Waals surface area (Å²) in [7, 11) is 0. The largest absolute Gasteiger partial charge is 0.383 e. The maximum Gasteiger partial charge on any atom is 0.120 e. The van der Waals surface area contributed by atoms with Gasteiger partial charge in [0.2, 0.25) is 0 Å². The minimum absolute atomic E-state index is 0.703. The zero-order valence-corrected chi connectivity index (χ0v) is 17.0. The lowest BCUT2D eigenvalue weighted by molar-refractivity contribution is 0.143. The van der Waals surface area contributed by atoms with E-state index in [1.807, 2.05) is 67.6 Å². The smallest absolute Gasteiger partial charge is 0.120 e. The van der Waals surface area contributed by atoms with Gasteiger partial charge in [0.1, 0.15) is 17.8 Å². The molecule has 3 aromatic rings. The van der Waals surface area contributed by atoms with Crippen LogP contribution in [0.4, 0.5) is 0 Å². The Hall–Kier alpha value is -2.42. The molecule has 0 fully saturated rings. The predicted octanol–water partition coefficient (Wildman–Crippen LogP) is 4.34. The number of thiophene rings is 1. The monoisotopic (exact) mass is 392 g/mol. The zero-order valence-electron chi connectivity index (χ0n) is 16.2. The van der Waals surface area contributed by atoms with Crippen LogP contribution in [0.3, 0.4) is 0 Å². The fourth-order valence-electron chi connectivity index (χ4n) is 2.71. The van der Waals surface area contributed by atoms with Crippen LogP contribution in [-0.2, 0) is 0 Å². The molecule has 0 bridgehead atoms. The number of aliphatic hydroxyl groups is 3. The molecule has 0 amide bonds. The first-order valence-corrected chi connectivity index (χ1v) is 9.92. The van der Waals surface area contributed by atoms with Gasteiger partial charge in [-0.15, -0.1) is 11.3 Å². The molecule has 1 heterocycles. The van der Waals surface area contributed by atoms with Crippen LogP contribution in [0.5, 0.6) is 0 Å². The number of benzene rings is 2. The normalized spacial score (nSPS) is 13.5. The van der Waals surface area contributed by atoms with Crippen molar-refractivity contribution >= 4 is 11.3 Å². The Morgan fingerprint density at radius 1 is 0.786 bits per heavy atom. The summed E-state index contributed by atoms with van der Waals surface area (Å²) in [5, 5.41) is 31.0. The molecule has 0 aliphatic heterocycles. The summed E-state index contributed by atoms with van der Waals surface area (Å²) in [6, 6.07) is 18.8. The van der Waals surface area contributed by atoms with Crippen LogP contribution in [0.25, 0.3) is 0 Å². The fourth-order valence-corrected chi connectivity index (χ4v) is 3.75. The molecule has 0 spiro atoms. The molecule has 2 atom stereocenters. The van der Waals surface area contributed by atoms with Crippen molar-refractivity contribution in [2.75, 3.05) is 0 Å². The van der Waals surface area contributed by atoms with Crippen molar-refractivity contribution in [2.45, 2.75) is 38.6 Å². The van der Waals surface area contributed by atoms with Gasteiger partial charge in [0, 0.05) is 15.3 Å². The van der Waals surface area contributed by atoms with Crippen LogP contribution in [0.2, 0.25) is 0 Å². The van der Waals surface area contributed by atoms with Crippen LogP contribution in [0, 0.1) is 18.8 Å². The molecule has 2 aromatic carbocycles. The summed E-state index contributed by atoms with van der Waals surface area (Å²) in [4.78, 5) is 1.57. The molecular weight excluding hydrogens is 368 g/mol. The average Bonchev–Trinajstić information content (AvgIpc) is 3.16. The highest BCUT2D eigenvalue weighted by Crippen LogP contribution is 2.34. The molecule has 0 aliphatic carbocycles. The second kappa shape index (κ2) is 8.30. The quantitative estimate of drug-likeness (QED) is 0.579. The number of hydrogen-bond donors (Lipinski definition) is 3. The van der Waals surface area contributed by atoms with Crippen LogP contribution in [0.15, 0.2) is 60.7 Å². The van der Waals surface area contributed by atoms with E-state index in [-0.39, 0.29) is 0 Å². The molecule has 0 aliphatic rings. The second-order valence-corrected chi connectivity index (χ2v) is 8.53. The Kier molecular flexibility index (Phi) is 6.02. The van der Waals surface area contributed by atoms with E-state index in [9.17, 15) is 15.3 Å². The minimum atomic E-state index is -1.04. The van der Waals surface area contributed by atoms with Crippen LogP contribution in [0.1, 0.15) is 58.1 Å². The van der Waals surface area contributed by atoms with Gasteiger partial charge in [0.25, 0.3) is 0 Å². The molecule has 3 nitrogen and oxygen atoms in total. The molecule has 0 radical (unpaired) electrons.